The van der Waals surface area contributed by atoms with Crippen molar-refractivity contribution in [3.05, 3.63) is 34.1 Å². The highest BCUT2D eigenvalue weighted by Gasteiger charge is 2.25. The molecule has 0 spiro atoms. The second kappa shape index (κ2) is 7.20. The van der Waals surface area contributed by atoms with Crippen molar-refractivity contribution in [1.29, 1.82) is 0 Å². The van der Waals surface area contributed by atoms with E-state index in [2.05, 4.69) is 47.5 Å². The van der Waals surface area contributed by atoms with Gasteiger partial charge in [0, 0.05) is 49.0 Å². The number of aromatic nitrogens is 2. The predicted molar refractivity (Wildman–Crippen MR) is 104 cm³/mol. The Kier molecular flexibility index (Phi) is 5.18. The molecular weight excluding hydrogens is 332 g/mol. The standard InChI is InChI=1S/C19H28N4OS/c1-13(2)23-15(4)11-17(16(23)5)18(24)21-7-6-8-22(10-9-21)19-20-14(3)12-25-19/h11-13H,6-10H2,1-5H3. The van der Waals surface area contributed by atoms with E-state index < -0.39 is 0 Å². The van der Waals surface area contributed by atoms with Crippen LogP contribution in [0, 0.1) is 20.8 Å². The maximum absolute atomic E-state index is 13.1. The smallest absolute Gasteiger partial charge is 0.255 e. The second-order valence-electron chi connectivity index (χ2n) is 7.15. The Balaban J connectivity index is 1.74. The fourth-order valence-corrected chi connectivity index (χ4v) is 4.61. The third-order valence-corrected chi connectivity index (χ3v) is 5.91. The highest BCUT2D eigenvalue weighted by Crippen LogP contribution is 2.24. The van der Waals surface area contributed by atoms with Crippen molar-refractivity contribution < 1.29 is 4.79 Å². The summed E-state index contributed by atoms with van der Waals surface area (Å²) in [5.41, 5.74) is 4.16. The Morgan fingerprint density at radius 2 is 1.92 bits per heavy atom. The summed E-state index contributed by atoms with van der Waals surface area (Å²) >= 11 is 1.69. The van der Waals surface area contributed by atoms with Crippen LogP contribution in [0.15, 0.2) is 11.4 Å². The fraction of sp³-hybridized carbons (Fsp3) is 0.579. The summed E-state index contributed by atoms with van der Waals surface area (Å²) in [5.74, 6) is 0.164. The minimum Gasteiger partial charge on any atom is -0.346 e. The molecule has 0 unspecified atom stereocenters. The zero-order chi connectivity index (χ0) is 18.1. The summed E-state index contributed by atoms with van der Waals surface area (Å²) in [6.07, 6.45) is 0.979. The van der Waals surface area contributed by atoms with Gasteiger partial charge in [0.05, 0.1) is 11.3 Å². The zero-order valence-corrected chi connectivity index (χ0v) is 16.7. The summed E-state index contributed by atoms with van der Waals surface area (Å²) < 4.78 is 2.25. The van der Waals surface area contributed by atoms with Crippen LogP contribution in [0.4, 0.5) is 5.13 Å². The molecule has 136 valence electrons. The first-order valence-electron chi connectivity index (χ1n) is 9.03. The minimum atomic E-state index is 0.164. The lowest BCUT2D eigenvalue weighted by Gasteiger charge is -2.22. The predicted octanol–water partition coefficient (Wildman–Crippen LogP) is 3.80. The van der Waals surface area contributed by atoms with Gasteiger partial charge in [-0.15, -0.1) is 11.3 Å². The van der Waals surface area contributed by atoms with E-state index in [0.717, 1.165) is 60.4 Å². The molecule has 1 aliphatic rings. The van der Waals surface area contributed by atoms with Gasteiger partial charge < -0.3 is 14.4 Å². The molecule has 0 saturated carbocycles. The lowest BCUT2D eigenvalue weighted by atomic mass is 10.2. The van der Waals surface area contributed by atoms with Crippen molar-refractivity contribution >= 4 is 22.4 Å². The molecule has 1 fully saturated rings. The van der Waals surface area contributed by atoms with Gasteiger partial charge in [0.25, 0.3) is 5.91 Å². The van der Waals surface area contributed by atoms with Gasteiger partial charge in [0.1, 0.15) is 0 Å². The number of aryl methyl sites for hydroxylation is 2. The van der Waals surface area contributed by atoms with Gasteiger partial charge in [-0.05, 0) is 47.1 Å². The molecule has 0 bridgehead atoms. The number of anilines is 1. The van der Waals surface area contributed by atoms with Crippen LogP contribution in [-0.2, 0) is 0 Å². The second-order valence-corrected chi connectivity index (χ2v) is 7.99. The quantitative estimate of drug-likeness (QED) is 0.836. The molecule has 25 heavy (non-hydrogen) atoms. The number of thiazole rings is 1. The Hall–Kier alpha value is -1.82. The normalized spacial score (nSPS) is 15.8. The Bertz CT molecular complexity index is 762. The van der Waals surface area contributed by atoms with Crippen molar-refractivity contribution in [2.75, 3.05) is 31.1 Å². The molecular formula is C19H28N4OS. The van der Waals surface area contributed by atoms with E-state index in [-0.39, 0.29) is 5.91 Å². The van der Waals surface area contributed by atoms with Crippen molar-refractivity contribution in [1.82, 2.24) is 14.5 Å². The number of nitrogens with zero attached hydrogens (tertiary/aromatic N) is 4. The molecule has 0 N–H and O–H groups in total. The van der Waals surface area contributed by atoms with E-state index in [0.29, 0.717) is 6.04 Å². The average Bonchev–Trinajstić information content (AvgIpc) is 3.00. The van der Waals surface area contributed by atoms with Gasteiger partial charge >= 0.3 is 0 Å². The van der Waals surface area contributed by atoms with Crippen molar-refractivity contribution in [2.45, 2.75) is 47.1 Å². The Morgan fingerprint density at radius 1 is 1.16 bits per heavy atom. The van der Waals surface area contributed by atoms with Gasteiger partial charge in [0.15, 0.2) is 5.13 Å². The molecule has 3 heterocycles. The summed E-state index contributed by atoms with van der Waals surface area (Å²) in [7, 11) is 0. The molecule has 2 aromatic rings. The van der Waals surface area contributed by atoms with Crippen LogP contribution in [0.2, 0.25) is 0 Å². The van der Waals surface area contributed by atoms with Gasteiger partial charge in [-0.3, -0.25) is 4.79 Å². The van der Waals surface area contributed by atoms with E-state index in [1.54, 1.807) is 11.3 Å². The van der Waals surface area contributed by atoms with Crippen LogP contribution in [0.25, 0.3) is 0 Å². The summed E-state index contributed by atoms with van der Waals surface area (Å²) in [4.78, 5) is 22.0. The first-order valence-corrected chi connectivity index (χ1v) is 9.91. The molecule has 0 aliphatic carbocycles. The SMILES string of the molecule is Cc1csc(N2CCCN(C(=O)c3cc(C)n(C(C)C)c3C)CC2)n1. The fourth-order valence-electron chi connectivity index (χ4n) is 3.76. The summed E-state index contributed by atoms with van der Waals surface area (Å²) in [6.45, 7) is 13.9. The molecule has 1 amide bonds. The molecule has 0 radical (unpaired) electrons. The third kappa shape index (κ3) is 3.59. The first-order chi connectivity index (χ1) is 11.9. The van der Waals surface area contributed by atoms with E-state index in [9.17, 15) is 4.79 Å². The van der Waals surface area contributed by atoms with E-state index >= 15 is 0 Å². The van der Waals surface area contributed by atoms with E-state index in [1.807, 2.05) is 17.9 Å². The topological polar surface area (TPSA) is 41.4 Å². The summed E-state index contributed by atoms with van der Waals surface area (Å²) in [5, 5.41) is 3.16. The first kappa shape index (κ1) is 18.0. The minimum absolute atomic E-state index is 0.164. The third-order valence-electron chi connectivity index (χ3n) is 4.89. The van der Waals surface area contributed by atoms with Crippen LogP contribution in [-0.4, -0.2) is 46.5 Å². The van der Waals surface area contributed by atoms with Crippen molar-refractivity contribution in [3.8, 4) is 0 Å². The number of hydrogen-bond acceptors (Lipinski definition) is 4. The van der Waals surface area contributed by atoms with Gasteiger partial charge in [-0.25, -0.2) is 4.98 Å². The molecule has 5 nitrogen and oxygen atoms in total. The Labute approximate surface area is 154 Å². The van der Waals surface area contributed by atoms with Crippen LogP contribution in [0.3, 0.4) is 0 Å². The number of rotatable bonds is 3. The highest BCUT2D eigenvalue weighted by atomic mass is 32.1. The molecule has 6 heteroatoms. The summed E-state index contributed by atoms with van der Waals surface area (Å²) in [6, 6.07) is 2.42. The number of amides is 1. The molecule has 0 aromatic carbocycles. The molecule has 0 atom stereocenters. The lowest BCUT2D eigenvalue weighted by molar-refractivity contribution is 0.0766. The number of hydrogen-bond donors (Lipinski definition) is 0. The van der Waals surface area contributed by atoms with Crippen LogP contribution < -0.4 is 4.90 Å². The maximum atomic E-state index is 13.1. The van der Waals surface area contributed by atoms with Gasteiger partial charge in [-0.2, -0.15) is 0 Å². The number of carbonyl (C=O) groups excluding carboxylic acids is 1. The van der Waals surface area contributed by atoms with E-state index in [1.165, 1.54) is 0 Å². The van der Waals surface area contributed by atoms with Crippen LogP contribution >= 0.6 is 11.3 Å². The molecule has 2 aromatic heterocycles. The Morgan fingerprint density at radius 3 is 2.52 bits per heavy atom. The van der Waals surface area contributed by atoms with Crippen molar-refractivity contribution in [2.24, 2.45) is 0 Å². The number of carbonyl (C=O) groups is 1. The molecule has 3 rings (SSSR count). The molecule has 1 saturated heterocycles. The zero-order valence-electron chi connectivity index (χ0n) is 15.9. The average molecular weight is 361 g/mol. The largest absolute Gasteiger partial charge is 0.346 e. The van der Waals surface area contributed by atoms with Crippen LogP contribution in [0.5, 0.6) is 0 Å². The maximum Gasteiger partial charge on any atom is 0.255 e. The van der Waals surface area contributed by atoms with E-state index in [4.69, 9.17) is 0 Å². The van der Waals surface area contributed by atoms with Crippen molar-refractivity contribution in [3.63, 3.8) is 0 Å². The lowest BCUT2D eigenvalue weighted by Crippen LogP contribution is -2.35. The van der Waals surface area contributed by atoms with Crippen LogP contribution in [0.1, 0.15) is 53.7 Å². The highest BCUT2D eigenvalue weighted by molar-refractivity contribution is 7.13. The van der Waals surface area contributed by atoms with Gasteiger partial charge in [-0.1, -0.05) is 0 Å². The monoisotopic (exact) mass is 360 g/mol. The van der Waals surface area contributed by atoms with Gasteiger partial charge in [0.2, 0.25) is 0 Å². The molecule has 1 aliphatic heterocycles.